The predicted molar refractivity (Wildman–Crippen MR) is 39.8 cm³/mol. The standard InChI is InChI=1S/C7H10F6O3/c8-6(9,10)3-15-1-5(14)2-16-4-7(11,12)13/h5,14H,1-4H2. The molecule has 0 heterocycles. The van der Waals surface area contributed by atoms with Crippen LogP contribution in [0.1, 0.15) is 0 Å². The Hall–Kier alpha value is -0.540. The monoisotopic (exact) mass is 256 g/mol. The summed E-state index contributed by atoms with van der Waals surface area (Å²) in [6.45, 7) is -4.61. The number of alkyl halides is 6. The first-order valence-corrected chi connectivity index (χ1v) is 4.07. The van der Waals surface area contributed by atoms with Gasteiger partial charge in [0.25, 0.3) is 0 Å². The van der Waals surface area contributed by atoms with E-state index >= 15 is 0 Å². The van der Waals surface area contributed by atoms with E-state index in [-0.39, 0.29) is 0 Å². The smallest absolute Gasteiger partial charge is 0.388 e. The average Bonchev–Trinajstić information content (AvgIpc) is 1.98. The number of hydrogen-bond donors (Lipinski definition) is 1. The van der Waals surface area contributed by atoms with Crippen molar-refractivity contribution in [2.24, 2.45) is 0 Å². The van der Waals surface area contributed by atoms with Crippen LogP contribution in [0.3, 0.4) is 0 Å². The fourth-order valence-electron chi connectivity index (χ4n) is 0.669. The Morgan fingerprint density at radius 1 is 0.812 bits per heavy atom. The van der Waals surface area contributed by atoms with E-state index in [1.165, 1.54) is 0 Å². The minimum atomic E-state index is -4.54. The van der Waals surface area contributed by atoms with Gasteiger partial charge in [0.15, 0.2) is 0 Å². The van der Waals surface area contributed by atoms with Crippen molar-refractivity contribution in [1.82, 2.24) is 0 Å². The zero-order valence-electron chi connectivity index (χ0n) is 7.94. The molecule has 0 spiro atoms. The van der Waals surface area contributed by atoms with Gasteiger partial charge in [0.1, 0.15) is 19.3 Å². The molecule has 9 heteroatoms. The number of aliphatic hydroxyl groups is 1. The van der Waals surface area contributed by atoms with Crippen LogP contribution >= 0.6 is 0 Å². The van der Waals surface area contributed by atoms with Crippen LogP contribution in [0.25, 0.3) is 0 Å². The molecule has 0 rings (SSSR count). The summed E-state index contributed by atoms with van der Waals surface area (Å²) in [6.07, 6.45) is -10.6. The SMILES string of the molecule is OC(COCC(F)(F)F)COCC(F)(F)F. The third kappa shape index (κ3) is 11.5. The van der Waals surface area contributed by atoms with E-state index in [2.05, 4.69) is 9.47 Å². The highest BCUT2D eigenvalue weighted by molar-refractivity contribution is 4.55. The van der Waals surface area contributed by atoms with Crippen molar-refractivity contribution < 1.29 is 40.9 Å². The minimum Gasteiger partial charge on any atom is -0.388 e. The van der Waals surface area contributed by atoms with Gasteiger partial charge in [-0.25, -0.2) is 0 Å². The number of aliphatic hydroxyl groups excluding tert-OH is 1. The van der Waals surface area contributed by atoms with Gasteiger partial charge in [-0.05, 0) is 0 Å². The van der Waals surface area contributed by atoms with Crippen LogP contribution in [0.4, 0.5) is 26.3 Å². The van der Waals surface area contributed by atoms with Gasteiger partial charge in [0.2, 0.25) is 0 Å². The Morgan fingerprint density at radius 2 is 1.12 bits per heavy atom. The molecule has 0 aliphatic carbocycles. The zero-order valence-corrected chi connectivity index (χ0v) is 7.94. The first-order chi connectivity index (χ1) is 7.10. The number of hydrogen-bond acceptors (Lipinski definition) is 3. The first-order valence-electron chi connectivity index (χ1n) is 4.07. The predicted octanol–water partition coefficient (Wildman–Crippen LogP) is 1.51. The Kier molecular flexibility index (Phi) is 6.05. The lowest BCUT2D eigenvalue weighted by atomic mass is 10.4. The lowest BCUT2D eigenvalue weighted by Crippen LogP contribution is -2.28. The van der Waals surface area contributed by atoms with Crippen LogP contribution in [0.5, 0.6) is 0 Å². The molecule has 0 aliphatic rings. The summed E-state index contributed by atoms with van der Waals surface area (Å²) in [5, 5.41) is 8.86. The summed E-state index contributed by atoms with van der Waals surface area (Å²) in [4.78, 5) is 0. The maximum absolute atomic E-state index is 11.5. The molecule has 0 atom stereocenters. The molecule has 0 aliphatic heterocycles. The Bertz CT molecular complexity index is 170. The normalized spacial score (nSPS) is 13.5. The largest absolute Gasteiger partial charge is 0.411 e. The van der Waals surface area contributed by atoms with E-state index < -0.39 is 44.9 Å². The summed E-state index contributed by atoms with van der Waals surface area (Å²) in [5.41, 5.74) is 0. The molecule has 0 aromatic rings. The number of halogens is 6. The number of ether oxygens (including phenoxy) is 2. The number of rotatable bonds is 6. The molecule has 0 saturated carbocycles. The van der Waals surface area contributed by atoms with Gasteiger partial charge in [-0.15, -0.1) is 0 Å². The second-order valence-electron chi connectivity index (χ2n) is 2.91. The van der Waals surface area contributed by atoms with E-state index in [1.54, 1.807) is 0 Å². The topological polar surface area (TPSA) is 38.7 Å². The molecular formula is C7H10F6O3. The second-order valence-corrected chi connectivity index (χ2v) is 2.91. The van der Waals surface area contributed by atoms with E-state index in [0.717, 1.165) is 0 Å². The third-order valence-corrected chi connectivity index (χ3v) is 1.15. The summed E-state index contributed by atoms with van der Waals surface area (Å²) in [6, 6.07) is 0. The molecule has 0 amide bonds. The van der Waals surface area contributed by atoms with Crippen molar-refractivity contribution in [3.05, 3.63) is 0 Å². The molecule has 16 heavy (non-hydrogen) atoms. The molecule has 98 valence electrons. The molecule has 1 N–H and O–H groups in total. The highest BCUT2D eigenvalue weighted by Crippen LogP contribution is 2.15. The summed E-state index contributed by atoms with van der Waals surface area (Å²) in [5.74, 6) is 0. The fourth-order valence-corrected chi connectivity index (χ4v) is 0.669. The van der Waals surface area contributed by atoms with Gasteiger partial charge in [-0.1, -0.05) is 0 Å². The lowest BCUT2D eigenvalue weighted by Gasteiger charge is -2.13. The van der Waals surface area contributed by atoms with Crippen molar-refractivity contribution in [3.63, 3.8) is 0 Å². The summed E-state index contributed by atoms with van der Waals surface area (Å²) >= 11 is 0. The maximum atomic E-state index is 11.5. The average molecular weight is 256 g/mol. The molecule has 0 aromatic carbocycles. The lowest BCUT2D eigenvalue weighted by molar-refractivity contribution is -0.190. The van der Waals surface area contributed by atoms with Crippen LogP contribution in [0.15, 0.2) is 0 Å². The zero-order chi connectivity index (χ0) is 12.8. The molecule has 0 fully saturated rings. The maximum Gasteiger partial charge on any atom is 0.411 e. The minimum absolute atomic E-state index is 0.739. The highest BCUT2D eigenvalue weighted by Gasteiger charge is 2.29. The van der Waals surface area contributed by atoms with Crippen LogP contribution in [0, 0.1) is 0 Å². The van der Waals surface area contributed by atoms with E-state index in [0.29, 0.717) is 0 Å². The quantitative estimate of drug-likeness (QED) is 0.732. The van der Waals surface area contributed by atoms with Gasteiger partial charge < -0.3 is 14.6 Å². The van der Waals surface area contributed by atoms with Crippen molar-refractivity contribution in [1.29, 1.82) is 0 Å². The van der Waals surface area contributed by atoms with E-state index in [9.17, 15) is 26.3 Å². The Morgan fingerprint density at radius 3 is 1.38 bits per heavy atom. The van der Waals surface area contributed by atoms with Gasteiger partial charge in [-0.3, -0.25) is 0 Å². The second kappa shape index (κ2) is 6.26. The highest BCUT2D eigenvalue weighted by atomic mass is 19.4. The van der Waals surface area contributed by atoms with E-state index in [1.807, 2.05) is 0 Å². The van der Waals surface area contributed by atoms with Crippen molar-refractivity contribution in [2.45, 2.75) is 18.5 Å². The van der Waals surface area contributed by atoms with Gasteiger partial charge in [0, 0.05) is 0 Å². The third-order valence-electron chi connectivity index (χ3n) is 1.15. The molecular weight excluding hydrogens is 246 g/mol. The van der Waals surface area contributed by atoms with Crippen LogP contribution in [-0.4, -0.2) is 50.0 Å². The fraction of sp³-hybridized carbons (Fsp3) is 1.00. The molecule has 0 aromatic heterocycles. The van der Waals surface area contributed by atoms with Gasteiger partial charge in [0.05, 0.1) is 13.2 Å². The molecule has 3 nitrogen and oxygen atoms in total. The molecule has 0 unspecified atom stereocenters. The van der Waals surface area contributed by atoms with Crippen molar-refractivity contribution >= 4 is 0 Å². The van der Waals surface area contributed by atoms with Crippen LogP contribution < -0.4 is 0 Å². The first kappa shape index (κ1) is 15.5. The van der Waals surface area contributed by atoms with E-state index in [4.69, 9.17) is 5.11 Å². The Labute approximate surface area is 86.9 Å². The molecule has 0 saturated heterocycles. The molecule has 0 radical (unpaired) electrons. The van der Waals surface area contributed by atoms with Crippen LogP contribution in [-0.2, 0) is 9.47 Å². The van der Waals surface area contributed by atoms with Crippen LogP contribution in [0.2, 0.25) is 0 Å². The van der Waals surface area contributed by atoms with Gasteiger partial charge >= 0.3 is 12.4 Å². The van der Waals surface area contributed by atoms with Crippen molar-refractivity contribution in [3.8, 4) is 0 Å². The van der Waals surface area contributed by atoms with Gasteiger partial charge in [-0.2, -0.15) is 26.3 Å². The Balaban J connectivity index is 3.49. The molecule has 0 bridgehead atoms. The summed E-state index contributed by atoms with van der Waals surface area (Å²) in [7, 11) is 0. The van der Waals surface area contributed by atoms with Crippen molar-refractivity contribution in [2.75, 3.05) is 26.4 Å². The summed E-state index contributed by atoms with van der Waals surface area (Å²) < 4.78 is 77.2.